The predicted octanol–water partition coefficient (Wildman–Crippen LogP) is 6.37. The Morgan fingerprint density at radius 3 is 2.54 bits per heavy atom. The van der Waals surface area contributed by atoms with E-state index in [-0.39, 0.29) is 11.4 Å². The second-order valence-electron chi connectivity index (χ2n) is 5.70. The lowest BCUT2D eigenvalue weighted by molar-refractivity contribution is -0.137. The minimum atomic E-state index is -4.31. The summed E-state index contributed by atoms with van der Waals surface area (Å²) in [5.74, 6) is 0. The summed E-state index contributed by atoms with van der Waals surface area (Å²) in [6.45, 7) is 0.601. The van der Waals surface area contributed by atoms with E-state index in [0.29, 0.717) is 16.5 Å². The summed E-state index contributed by atoms with van der Waals surface area (Å²) < 4.78 is 44.3. The fraction of sp³-hybridized carbons (Fsp3) is 0.333. The highest BCUT2D eigenvalue weighted by atomic mass is 35.5. The zero-order valence-corrected chi connectivity index (χ0v) is 14.3. The van der Waals surface area contributed by atoms with Crippen molar-refractivity contribution in [2.45, 2.75) is 35.3 Å². The van der Waals surface area contributed by atoms with E-state index in [0.717, 1.165) is 24.5 Å². The Balaban J connectivity index is 1.68. The molecular formula is C18H16ClF3OS. The Morgan fingerprint density at radius 2 is 1.83 bits per heavy atom. The molecule has 1 heterocycles. The molecule has 0 N–H and O–H groups in total. The van der Waals surface area contributed by atoms with E-state index < -0.39 is 11.7 Å². The molecule has 1 aliphatic heterocycles. The Bertz CT molecular complexity index is 687. The maximum Gasteiger partial charge on any atom is 0.416 e. The Kier molecular flexibility index (Phi) is 5.42. The molecule has 1 saturated heterocycles. The quantitative estimate of drug-likeness (QED) is 0.619. The topological polar surface area (TPSA) is 9.23 Å². The third-order valence-electron chi connectivity index (χ3n) is 3.94. The first-order valence-electron chi connectivity index (χ1n) is 7.63. The van der Waals surface area contributed by atoms with Gasteiger partial charge in [0.2, 0.25) is 0 Å². The smallest absolute Gasteiger partial charge is 0.373 e. The van der Waals surface area contributed by atoms with E-state index in [2.05, 4.69) is 0 Å². The van der Waals surface area contributed by atoms with Crippen LogP contribution in [0, 0.1) is 0 Å². The molecule has 0 amide bonds. The fourth-order valence-electron chi connectivity index (χ4n) is 2.72. The first-order valence-corrected chi connectivity index (χ1v) is 8.88. The summed E-state index contributed by atoms with van der Waals surface area (Å²) >= 11 is 7.39. The Labute approximate surface area is 148 Å². The molecule has 3 rings (SSSR count). The van der Waals surface area contributed by atoms with E-state index in [9.17, 15) is 13.2 Å². The van der Waals surface area contributed by atoms with Gasteiger partial charge in [-0.05, 0) is 48.7 Å². The van der Waals surface area contributed by atoms with Crippen molar-refractivity contribution >= 4 is 23.4 Å². The third kappa shape index (κ3) is 4.47. The molecule has 2 atom stereocenters. The predicted molar refractivity (Wildman–Crippen MR) is 90.5 cm³/mol. The normalized spacial score (nSPS) is 21.7. The minimum Gasteiger partial charge on any atom is -0.373 e. The number of alkyl halides is 3. The Hall–Kier alpha value is -1.17. The summed E-state index contributed by atoms with van der Waals surface area (Å²) in [5.41, 5.74) is 0.447. The maximum atomic E-state index is 12.8. The van der Waals surface area contributed by atoms with Crippen LogP contribution in [-0.4, -0.2) is 11.9 Å². The SMILES string of the molecule is FC(F)(F)c1cccc(SC2CCOC(c3ccc(Cl)cc3)C2)c1. The molecule has 6 heteroatoms. The van der Waals surface area contributed by atoms with Gasteiger partial charge in [-0.2, -0.15) is 13.2 Å². The van der Waals surface area contributed by atoms with Crippen molar-refractivity contribution in [3.8, 4) is 0 Å². The lowest BCUT2D eigenvalue weighted by atomic mass is 10.0. The highest BCUT2D eigenvalue weighted by Gasteiger charge is 2.31. The van der Waals surface area contributed by atoms with E-state index >= 15 is 0 Å². The number of halogens is 4. The van der Waals surface area contributed by atoms with Crippen molar-refractivity contribution in [1.29, 1.82) is 0 Å². The van der Waals surface area contributed by atoms with Crippen LogP contribution in [0.3, 0.4) is 0 Å². The van der Waals surface area contributed by atoms with Crippen LogP contribution >= 0.6 is 23.4 Å². The van der Waals surface area contributed by atoms with Crippen LogP contribution in [0.5, 0.6) is 0 Å². The second-order valence-corrected chi connectivity index (χ2v) is 7.51. The molecule has 128 valence electrons. The molecule has 1 aliphatic rings. The number of benzene rings is 2. The molecule has 0 aliphatic carbocycles. The average molecular weight is 373 g/mol. The molecule has 2 aromatic carbocycles. The van der Waals surface area contributed by atoms with E-state index in [4.69, 9.17) is 16.3 Å². The van der Waals surface area contributed by atoms with Gasteiger partial charge in [0, 0.05) is 21.8 Å². The molecule has 0 aromatic heterocycles. The van der Waals surface area contributed by atoms with Crippen LogP contribution in [0.1, 0.15) is 30.1 Å². The van der Waals surface area contributed by atoms with Crippen LogP contribution in [-0.2, 0) is 10.9 Å². The van der Waals surface area contributed by atoms with Crippen molar-refractivity contribution in [2.24, 2.45) is 0 Å². The van der Waals surface area contributed by atoms with Crippen molar-refractivity contribution in [3.63, 3.8) is 0 Å². The molecule has 0 bridgehead atoms. The van der Waals surface area contributed by atoms with E-state index in [1.165, 1.54) is 23.9 Å². The lowest BCUT2D eigenvalue weighted by Crippen LogP contribution is -2.21. The van der Waals surface area contributed by atoms with Gasteiger partial charge in [0.15, 0.2) is 0 Å². The summed E-state index contributed by atoms with van der Waals surface area (Å²) in [4.78, 5) is 0.645. The number of hydrogen-bond donors (Lipinski definition) is 0. The van der Waals surface area contributed by atoms with Crippen LogP contribution in [0.25, 0.3) is 0 Å². The van der Waals surface area contributed by atoms with Gasteiger partial charge in [0.25, 0.3) is 0 Å². The summed E-state index contributed by atoms with van der Waals surface area (Å²) in [7, 11) is 0. The van der Waals surface area contributed by atoms with Crippen LogP contribution in [0.15, 0.2) is 53.4 Å². The second kappa shape index (κ2) is 7.38. The lowest BCUT2D eigenvalue weighted by Gasteiger charge is -2.29. The first-order chi connectivity index (χ1) is 11.4. The summed E-state index contributed by atoms with van der Waals surface area (Å²) in [5, 5.41) is 0.896. The van der Waals surface area contributed by atoms with Gasteiger partial charge in [-0.25, -0.2) is 0 Å². The van der Waals surface area contributed by atoms with Crippen molar-refractivity contribution in [1.82, 2.24) is 0 Å². The number of hydrogen-bond acceptors (Lipinski definition) is 2. The zero-order valence-electron chi connectivity index (χ0n) is 12.7. The van der Waals surface area contributed by atoms with Gasteiger partial charge in [0.05, 0.1) is 11.7 Å². The van der Waals surface area contributed by atoms with Crippen molar-refractivity contribution < 1.29 is 17.9 Å². The van der Waals surface area contributed by atoms with Crippen molar-refractivity contribution in [2.75, 3.05) is 6.61 Å². The number of ether oxygens (including phenoxy) is 1. The van der Waals surface area contributed by atoms with Gasteiger partial charge in [0.1, 0.15) is 0 Å². The highest BCUT2D eigenvalue weighted by Crippen LogP contribution is 2.39. The largest absolute Gasteiger partial charge is 0.416 e. The van der Waals surface area contributed by atoms with Crippen LogP contribution < -0.4 is 0 Å². The van der Waals surface area contributed by atoms with Crippen LogP contribution in [0.4, 0.5) is 13.2 Å². The van der Waals surface area contributed by atoms with Crippen LogP contribution in [0.2, 0.25) is 5.02 Å². The van der Waals surface area contributed by atoms with E-state index in [1.54, 1.807) is 6.07 Å². The molecule has 1 nitrogen and oxygen atoms in total. The van der Waals surface area contributed by atoms with Gasteiger partial charge in [-0.15, -0.1) is 11.8 Å². The van der Waals surface area contributed by atoms with Gasteiger partial charge < -0.3 is 4.74 Å². The standard InChI is InChI=1S/C18H16ClF3OS/c19-14-6-4-12(5-7-14)17-11-16(8-9-23-17)24-15-3-1-2-13(10-15)18(20,21)22/h1-7,10,16-17H,8-9,11H2. The maximum absolute atomic E-state index is 12.8. The monoisotopic (exact) mass is 372 g/mol. The van der Waals surface area contributed by atoms with Gasteiger partial charge >= 0.3 is 6.18 Å². The Morgan fingerprint density at radius 1 is 1.08 bits per heavy atom. The molecular weight excluding hydrogens is 357 g/mol. The molecule has 1 fully saturated rings. The molecule has 2 unspecified atom stereocenters. The molecule has 24 heavy (non-hydrogen) atoms. The fourth-order valence-corrected chi connectivity index (χ4v) is 4.07. The number of thioether (sulfide) groups is 1. The van der Waals surface area contributed by atoms with E-state index in [1.807, 2.05) is 24.3 Å². The zero-order chi connectivity index (χ0) is 17.2. The molecule has 2 aromatic rings. The molecule has 0 radical (unpaired) electrons. The van der Waals surface area contributed by atoms with Gasteiger partial charge in [-0.1, -0.05) is 29.8 Å². The highest BCUT2D eigenvalue weighted by molar-refractivity contribution is 8.00. The van der Waals surface area contributed by atoms with Gasteiger partial charge in [-0.3, -0.25) is 0 Å². The average Bonchev–Trinajstić information content (AvgIpc) is 2.55. The summed E-state index contributed by atoms with van der Waals surface area (Å²) in [6, 6.07) is 13.0. The first kappa shape index (κ1) is 17.6. The molecule has 0 saturated carbocycles. The van der Waals surface area contributed by atoms with Crippen molar-refractivity contribution in [3.05, 3.63) is 64.7 Å². The minimum absolute atomic E-state index is 0.0423. The number of rotatable bonds is 3. The molecule has 0 spiro atoms. The summed E-state index contributed by atoms with van der Waals surface area (Å²) in [6.07, 6.45) is -2.76. The third-order valence-corrected chi connectivity index (χ3v) is 5.48.